The van der Waals surface area contributed by atoms with Crippen molar-refractivity contribution in [3.8, 4) is 0 Å². The molecule has 5 nitrogen and oxygen atoms in total. The Bertz CT molecular complexity index is 511. The second kappa shape index (κ2) is 6.42. The van der Waals surface area contributed by atoms with Gasteiger partial charge in [0, 0.05) is 9.11 Å². The summed E-state index contributed by atoms with van der Waals surface area (Å²) < 4.78 is 0.926. The number of rotatable bonds is 1. The molecule has 1 rings (SSSR count). The molecule has 0 bridgehead atoms. The first kappa shape index (κ1) is 16.0. The van der Waals surface area contributed by atoms with Crippen LogP contribution in [0.15, 0.2) is 23.2 Å². The average Bonchev–Trinajstić information content (AvgIpc) is 2.20. The molecule has 0 unspecified atom stereocenters. The molecule has 0 heterocycles. The number of hydrogen-bond donors (Lipinski definition) is 3. The standard InChI is InChI=1S/C12H16ClIN4O/c1-12(2,3)18-11(19)17-10(15)16-7-4-5-9(14)8(13)6-7/h4-6H,1-3H3,(H4,15,16,17,18,19). The topological polar surface area (TPSA) is 79.5 Å². The maximum Gasteiger partial charge on any atom is 0.321 e. The Kier molecular flexibility index (Phi) is 5.42. The summed E-state index contributed by atoms with van der Waals surface area (Å²) >= 11 is 8.09. The van der Waals surface area contributed by atoms with Crippen molar-refractivity contribution < 1.29 is 4.79 Å². The number of urea groups is 1. The fraction of sp³-hybridized carbons (Fsp3) is 0.333. The van der Waals surface area contributed by atoms with Gasteiger partial charge >= 0.3 is 6.03 Å². The maximum absolute atomic E-state index is 11.6. The molecule has 0 radical (unpaired) electrons. The van der Waals surface area contributed by atoms with Gasteiger partial charge in [-0.15, -0.1) is 0 Å². The van der Waals surface area contributed by atoms with Crippen LogP contribution in [0.25, 0.3) is 0 Å². The summed E-state index contributed by atoms with van der Waals surface area (Å²) in [5, 5.41) is 5.76. The third kappa shape index (κ3) is 6.11. The number of nitrogens with one attached hydrogen (secondary N) is 2. The average molecular weight is 395 g/mol. The number of nitrogens with zero attached hydrogens (tertiary/aromatic N) is 1. The van der Waals surface area contributed by atoms with E-state index in [1.165, 1.54) is 0 Å². The van der Waals surface area contributed by atoms with Gasteiger partial charge in [-0.2, -0.15) is 0 Å². The lowest BCUT2D eigenvalue weighted by molar-refractivity contribution is 0.236. The molecule has 0 aliphatic heterocycles. The molecular formula is C12H16ClIN4O. The molecule has 19 heavy (non-hydrogen) atoms. The molecule has 0 fully saturated rings. The Labute approximate surface area is 131 Å². The quantitative estimate of drug-likeness (QED) is 0.389. The van der Waals surface area contributed by atoms with E-state index in [-0.39, 0.29) is 11.5 Å². The fourth-order valence-electron chi connectivity index (χ4n) is 1.21. The highest BCUT2D eigenvalue weighted by molar-refractivity contribution is 14.1. The van der Waals surface area contributed by atoms with Gasteiger partial charge in [0.25, 0.3) is 0 Å². The Hall–Kier alpha value is -1.02. The van der Waals surface area contributed by atoms with E-state index in [0.29, 0.717) is 10.7 Å². The highest BCUT2D eigenvalue weighted by Gasteiger charge is 2.13. The molecular weight excluding hydrogens is 379 g/mol. The maximum atomic E-state index is 11.6. The van der Waals surface area contributed by atoms with Crippen LogP contribution in [0.2, 0.25) is 5.02 Å². The summed E-state index contributed by atoms with van der Waals surface area (Å²) in [6.07, 6.45) is 0. The summed E-state index contributed by atoms with van der Waals surface area (Å²) in [5.74, 6) is 0.0130. The number of carbonyl (C=O) groups is 1. The zero-order valence-corrected chi connectivity index (χ0v) is 13.8. The lowest BCUT2D eigenvalue weighted by Crippen LogP contribution is -2.50. The Morgan fingerprint density at radius 3 is 2.58 bits per heavy atom. The summed E-state index contributed by atoms with van der Waals surface area (Å²) in [4.78, 5) is 15.6. The van der Waals surface area contributed by atoms with E-state index in [9.17, 15) is 4.79 Å². The largest absolute Gasteiger partial charge is 0.369 e. The zero-order chi connectivity index (χ0) is 14.6. The van der Waals surface area contributed by atoms with Crippen LogP contribution in [0.1, 0.15) is 20.8 Å². The van der Waals surface area contributed by atoms with E-state index >= 15 is 0 Å². The zero-order valence-electron chi connectivity index (χ0n) is 10.9. The Morgan fingerprint density at radius 2 is 2.05 bits per heavy atom. The van der Waals surface area contributed by atoms with Crippen LogP contribution >= 0.6 is 34.2 Å². The highest BCUT2D eigenvalue weighted by Crippen LogP contribution is 2.23. The second-order valence-corrected chi connectivity index (χ2v) is 6.49. The lowest BCUT2D eigenvalue weighted by atomic mass is 10.1. The third-order valence-corrected chi connectivity index (χ3v) is 3.46. The minimum Gasteiger partial charge on any atom is -0.369 e. The molecule has 2 amide bonds. The van der Waals surface area contributed by atoms with Gasteiger partial charge in [-0.05, 0) is 61.6 Å². The van der Waals surface area contributed by atoms with Gasteiger partial charge in [-0.3, -0.25) is 5.32 Å². The molecule has 0 atom stereocenters. The van der Waals surface area contributed by atoms with E-state index < -0.39 is 6.03 Å². The number of benzene rings is 1. The normalized spacial score (nSPS) is 12.2. The number of amides is 2. The summed E-state index contributed by atoms with van der Waals surface area (Å²) in [7, 11) is 0. The van der Waals surface area contributed by atoms with Gasteiger partial charge in [0.1, 0.15) is 0 Å². The van der Waals surface area contributed by atoms with Crippen LogP contribution in [-0.2, 0) is 0 Å². The van der Waals surface area contributed by atoms with Crippen LogP contribution in [0.3, 0.4) is 0 Å². The van der Waals surface area contributed by atoms with Gasteiger partial charge < -0.3 is 11.1 Å². The molecule has 0 aliphatic carbocycles. The van der Waals surface area contributed by atoms with Crippen molar-refractivity contribution in [3.05, 3.63) is 26.8 Å². The number of halogens is 2. The molecule has 0 spiro atoms. The molecule has 0 aromatic heterocycles. The van der Waals surface area contributed by atoms with Crippen molar-refractivity contribution >= 4 is 51.9 Å². The van der Waals surface area contributed by atoms with Crippen molar-refractivity contribution in [2.75, 3.05) is 0 Å². The Morgan fingerprint density at radius 1 is 1.42 bits per heavy atom. The van der Waals surface area contributed by atoms with Crippen LogP contribution in [0, 0.1) is 3.57 Å². The predicted molar refractivity (Wildman–Crippen MR) is 86.9 cm³/mol. The van der Waals surface area contributed by atoms with Gasteiger partial charge in [0.05, 0.1) is 10.7 Å². The van der Waals surface area contributed by atoms with Gasteiger partial charge in [0.2, 0.25) is 5.96 Å². The monoisotopic (exact) mass is 394 g/mol. The summed E-state index contributed by atoms with van der Waals surface area (Å²) in [6, 6.07) is 4.87. The number of aliphatic imine (C=N–C) groups is 1. The molecule has 1 aromatic carbocycles. The van der Waals surface area contributed by atoms with Crippen LogP contribution < -0.4 is 16.4 Å². The lowest BCUT2D eigenvalue weighted by Gasteiger charge is -2.20. The van der Waals surface area contributed by atoms with Crippen LogP contribution in [-0.4, -0.2) is 17.5 Å². The summed E-state index contributed by atoms with van der Waals surface area (Å²) in [6.45, 7) is 5.62. The van der Waals surface area contributed by atoms with E-state index in [0.717, 1.165) is 3.57 Å². The van der Waals surface area contributed by atoms with Gasteiger partial charge in [-0.25, -0.2) is 9.79 Å². The first-order chi connectivity index (χ1) is 8.67. The van der Waals surface area contributed by atoms with E-state index in [2.05, 4.69) is 38.2 Å². The van der Waals surface area contributed by atoms with Gasteiger partial charge in [-0.1, -0.05) is 11.6 Å². The predicted octanol–water partition coefficient (Wildman–Crippen LogP) is 2.99. The second-order valence-electron chi connectivity index (χ2n) is 4.92. The minimum absolute atomic E-state index is 0.0130. The first-order valence-electron chi connectivity index (χ1n) is 5.56. The summed E-state index contributed by atoms with van der Waals surface area (Å²) in [5.41, 5.74) is 5.89. The van der Waals surface area contributed by atoms with Crippen LogP contribution in [0.4, 0.5) is 10.5 Å². The smallest absolute Gasteiger partial charge is 0.321 e. The minimum atomic E-state index is -0.398. The van der Waals surface area contributed by atoms with Crippen molar-refractivity contribution in [3.63, 3.8) is 0 Å². The van der Waals surface area contributed by atoms with E-state index in [1.807, 2.05) is 26.8 Å². The van der Waals surface area contributed by atoms with Crippen molar-refractivity contribution in [2.24, 2.45) is 10.7 Å². The number of hydrogen-bond acceptors (Lipinski definition) is 2. The van der Waals surface area contributed by atoms with Crippen molar-refractivity contribution in [1.82, 2.24) is 10.6 Å². The first-order valence-corrected chi connectivity index (χ1v) is 7.01. The van der Waals surface area contributed by atoms with E-state index in [4.69, 9.17) is 17.3 Å². The molecule has 7 heteroatoms. The highest BCUT2D eigenvalue weighted by atomic mass is 127. The fourth-order valence-corrected chi connectivity index (χ4v) is 1.72. The van der Waals surface area contributed by atoms with Crippen LogP contribution in [0.5, 0.6) is 0 Å². The molecule has 0 aliphatic rings. The Balaban J connectivity index is 2.71. The third-order valence-electron chi connectivity index (χ3n) is 1.88. The van der Waals surface area contributed by atoms with Crippen molar-refractivity contribution in [2.45, 2.75) is 26.3 Å². The van der Waals surface area contributed by atoms with Gasteiger partial charge in [0.15, 0.2) is 0 Å². The van der Waals surface area contributed by atoms with Crippen molar-refractivity contribution in [1.29, 1.82) is 0 Å². The molecule has 4 N–H and O–H groups in total. The molecule has 0 saturated carbocycles. The molecule has 104 valence electrons. The molecule has 0 saturated heterocycles. The number of guanidine groups is 1. The number of nitrogens with two attached hydrogens (primary N) is 1. The molecule has 1 aromatic rings. The van der Waals surface area contributed by atoms with E-state index in [1.54, 1.807) is 12.1 Å². The number of carbonyl (C=O) groups excluding carboxylic acids is 1. The SMILES string of the molecule is CC(C)(C)NC(=O)NC(N)=Nc1ccc(I)c(Cl)c1.